The second kappa shape index (κ2) is 5.68. The van der Waals surface area contributed by atoms with Gasteiger partial charge in [0.2, 0.25) is 17.8 Å². The Bertz CT molecular complexity index is 469. The molecule has 110 valence electrons. The third-order valence-corrected chi connectivity index (χ3v) is 3.55. The standard InChI is InChI=1S/C13H17F2N3O2/c1-18(12-16-7-10(20-2)8-17-12)11(19)9-3-5-13(14,15)6-4-9/h7-9H,3-6H2,1-2H3. The molecule has 1 aromatic rings. The zero-order valence-corrected chi connectivity index (χ0v) is 11.5. The molecule has 0 saturated heterocycles. The van der Waals surface area contributed by atoms with Gasteiger partial charge < -0.3 is 4.74 Å². The van der Waals surface area contributed by atoms with Crippen molar-refractivity contribution in [3.63, 3.8) is 0 Å². The number of hydrogen-bond acceptors (Lipinski definition) is 4. The second-order valence-corrected chi connectivity index (χ2v) is 4.95. The van der Waals surface area contributed by atoms with Crippen molar-refractivity contribution >= 4 is 11.9 Å². The van der Waals surface area contributed by atoms with Crippen LogP contribution in [0.5, 0.6) is 5.75 Å². The minimum absolute atomic E-state index is 0.201. The monoisotopic (exact) mass is 285 g/mol. The Morgan fingerprint density at radius 1 is 1.35 bits per heavy atom. The number of rotatable bonds is 3. The van der Waals surface area contributed by atoms with E-state index in [-0.39, 0.29) is 43.5 Å². The number of anilines is 1. The molecule has 0 aromatic carbocycles. The predicted octanol–water partition coefficient (Wildman–Crippen LogP) is 2.27. The Balaban J connectivity index is 2.01. The first kappa shape index (κ1) is 14.6. The molecule has 1 saturated carbocycles. The van der Waals surface area contributed by atoms with Crippen LogP contribution in [0.25, 0.3) is 0 Å². The van der Waals surface area contributed by atoms with Gasteiger partial charge in [-0.2, -0.15) is 0 Å². The Morgan fingerprint density at radius 3 is 2.40 bits per heavy atom. The number of alkyl halides is 2. The molecule has 0 aliphatic heterocycles. The van der Waals surface area contributed by atoms with Gasteiger partial charge in [-0.1, -0.05) is 0 Å². The molecule has 0 atom stereocenters. The summed E-state index contributed by atoms with van der Waals surface area (Å²) in [7, 11) is 3.05. The van der Waals surface area contributed by atoms with Crippen LogP contribution in [-0.2, 0) is 4.79 Å². The van der Waals surface area contributed by atoms with Crippen LogP contribution in [0.4, 0.5) is 14.7 Å². The van der Waals surface area contributed by atoms with Crippen molar-refractivity contribution in [1.82, 2.24) is 9.97 Å². The first-order chi connectivity index (χ1) is 9.43. The van der Waals surface area contributed by atoms with E-state index in [0.29, 0.717) is 5.75 Å². The fourth-order valence-corrected chi connectivity index (χ4v) is 2.25. The molecule has 0 spiro atoms. The van der Waals surface area contributed by atoms with E-state index < -0.39 is 5.92 Å². The van der Waals surface area contributed by atoms with Gasteiger partial charge in [-0.25, -0.2) is 18.7 Å². The van der Waals surface area contributed by atoms with Crippen LogP contribution < -0.4 is 9.64 Å². The van der Waals surface area contributed by atoms with E-state index in [4.69, 9.17) is 4.74 Å². The summed E-state index contributed by atoms with van der Waals surface area (Å²) in [5, 5.41) is 0. The minimum atomic E-state index is -2.63. The lowest BCUT2D eigenvalue weighted by Crippen LogP contribution is -2.38. The van der Waals surface area contributed by atoms with Crippen molar-refractivity contribution in [1.29, 1.82) is 0 Å². The summed E-state index contributed by atoms with van der Waals surface area (Å²) in [5.74, 6) is -2.50. The summed E-state index contributed by atoms with van der Waals surface area (Å²) < 4.78 is 31.1. The van der Waals surface area contributed by atoms with E-state index in [1.807, 2.05) is 0 Å². The number of ether oxygens (including phenoxy) is 1. The Labute approximate surface area is 116 Å². The molecule has 1 amide bonds. The van der Waals surface area contributed by atoms with E-state index in [0.717, 1.165) is 0 Å². The summed E-state index contributed by atoms with van der Waals surface area (Å²) in [6.45, 7) is 0. The fraction of sp³-hybridized carbons (Fsp3) is 0.615. The largest absolute Gasteiger partial charge is 0.494 e. The second-order valence-electron chi connectivity index (χ2n) is 4.95. The van der Waals surface area contributed by atoms with Crippen LogP contribution in [0.2, 0.25) is 0 Å². The molecular weight excluding hydrogens is 268 g/mol. The van der Waals surface area contributed by atoms with Gasteiger partial charge in [-0.3, -0.25) is 9.69 Å². The predicted molar refractivity (Wildman–Crippen MR) is 68.9 cm³/mol. The molecule has 20 heavy (non-hydrogen) atoms. The highest BCUT2D eigenvalue weighted by atomic mass is 19.3. The van der Waals surface area contributed by atoms with Crippen molar-refractivity contribution in [2.45, 2.75) is 31.6 Å². The highest BCUT2D eigenvalue weighted by molar-refractivity contribution is 5.92. The molecule has 1 heterocycles. The maximum atomic E-state index is 13.1. The maximum Gasteiger partial charge on any atom is 0.248 e. The van der Waals surface area contributed by atoms with Crippen LogP contribution in [0, 0.1) is 5.92 Å². The van der Waals surface area contributed by atoms with E-state index in [9.17, 15) is 13.6 Å². The molecular formula is C13H17F2N3O2. The molecule has 1 aliphatic rings. The lowest BCUT2D eigenvalue weighted by Gasteiger charge is -2.29. The van der Waals surface area contributed by atoms with E-state index in [1.165, 1.54) is 24.4 Å². The quantitative estimate of drug-likeness (QED) is 0.855. The first-order valence-electron chi connectivity index (χ1n) is 6.44. The normalized spacial score (nSPS) is 18.6. The maximum absolute atomic E-state index is 13.1. The Kier molecular flexibility index (Phi) is 4.15. The average molecular weight is 285 g/mol. The third-order valence-electron chi connectivity index (χ3n) is 3.55. The molecule has 0 bridgehead atoms. The first-order valence-corrected chi connectivity index (χ1v) is 6.44. The van der Waals surface area contributed by atoms with Crippen molar-refractivity contribution in [3.05, 3.63) is 12.4 Å². The van der Waals surface area contributed by atoms with Gasteiger partial charge in [0.15, 0.2) is 5.75 Å². The summed E-state index contributed by atoms with van der Waals surface area (Å²) >= 11 is 0. The summed E-state index contributed by atoms with van der Waals surface area (Å²) in [6.07, 6.45) is 2.85. The van der Waals surface area contributed by atoms with Crippen LogP contribution in [-0.4, -0.2) is 36.0 Å². The van der Waals surface area contributed by atoms with Gasteiger partial charge in [0, 0.05) is 25.8 Å². The molecule has 1 fully saturated rings. The van der Waals surface area contributed by atoms with Gasteiger partial charge >= 0.3 is 0 Å². The molecule has 2 rings (SSSR count). The van der Waals surface area contributed by atoms with E-state index in [2.05, 4.69) is 9.97 Å². The lowest BCUT2D eigenvalue weighted by molar-refractivity contribution is -0.126. The number of nitrogens with zero attached hydrogens (tertiary/aromatic N) is 3. The Morgan fingerprint density at radius 2 is 1.90 bits per heavy atom. The molecule has 0 radical (unpaired) electrons. The zero-order valence-electron chi connectivity index (χ0n) is 11.5. The third kappa shape index (κ3) is 3.20. The minimum Gasteiger partial charge on any atom is -0.494 e. The Hall–Kier alpha value is -1.79. The van der Waals surface area contributed by atoms with Gasteiger partial charge in [-0.05, 0) is 12.8 Å². The van der Waals surface area contributed by atoms with Gasteiger partial charge in [-0.15, -0.1) is 0 Å². The van der Waals surface area contributed by atoms with Crippen LogP contribution in [0.1, 0.15) is 25.7 Å². The summed E-state index contributed by atoms with van der Waals surface area (Å²) in [4.78, 5) is 21.6. The van der Waals surface area contributed by atoms with Gasteiger partial charge in [0.25, 0.3) is 0 Å². The van der Waals surface area contributed by atoms with Gasteiger partial charge in [0.05, 0.1) is 19.5 Å². The lowest BCUT2D eigenvalue weighted by atomic mass is 9.86. The topological polar surface area (TPSA) is 55.3 Å². The van der Waals surface area contributed by atoms with Crippen LogP contribution >= 0.6 is 0 Å². The number of carbonyl (C=O) groups is 1. The van der Waals surface area contributed by atoms with Gasteiger partial charge in [0.1, 0.15) is 0 Å². The number of amides is 1. The molecule has 1 aliphatic carbocycles. The summed E-state index contributed by atoms with van der Waals surface area (Å²) in [5.41, 5.74) is 0. The molecule has 1 aromatic heterocycles. The smallest absolute Gasteiger partial charge is 0.248 e. The van der Waals surface area contributed by atoms with Crippen LogP contribution in [0.15, 0.2) is 12.4 Å². The number of halogens is 2. The fourth-order valence-electron chi connectivity index (χ4n) is 2.25. The summed E-state index contributed by atoms with van der Waals surface area (Å²) in [6, 6.07) is 0. The van der Waals surface area contributed by atoms with Crippen molar-refractivity contribution in [3.8, 4) is 5.75 Å². The van der Waals surface area contributed by atoms with Crippen molar-refractivity contribution in [2.24, 2.45) is 5.92 Å². The highest BCUT2D eigenvalue weighted by Gasteiger charge is 2.38. The number of hydrogen-bond donors (Lipinski definition) is 0. The number of aromatic nitrogens is 2. The SMILES string of the molecule is COc1cnc(N(C)C(=O)C2CCC(F)(F)CC2)nc1. The molecule has 0 N–H and O–H groups in total. The molecule has 0 unspecified atom stereocenters. The molecule has 7 heteroatoms. The highest BCUT2D eigenvalue weighted by Crippen LogP contribution is 2.36. The number of carbonyl (C=O) groups excluding carboxylic acids is 1. The van der Waals surface area contributed by atoms with E-state index >= 15 is 0 Å². The van der Waals surface area contributed by atoms with Crippen molar-refractivity contribution < 1.29 is 18.3 Å². The zero-order chi connectivity index (χ0) is 14.8. The van der Waals surface area contributed by atoms with E-state index in [1.54, 1.807) is 7.05 Å². The molecule has 5 nitrogen and oxygen atoms in total. The van der Waals surface area contributed by atoms with Crippen LogP contribution in [0.3, 0.4) is 0 Å². The average Bonchev–Trinajstić information content (AvgIpc) is 2.46. The van der Waals surface area contributed by atoms with Crippen molar-refractivity contribution in [2.75, 3.05) is 19.1 Å². The number of methoxy groups -OCH3 is 1.